The van der Waals surface area contributed by atoms with Gasteiger partial charge in [0.1, 0.15) is 5.75 Å². The molecule has 7 heteroatoms. The van der Waals surface area contributed by atoms with Gasteiger partial charge < -0.3 is 10.1 Å². The van der Waals surface area contributed by atoms with Gasteiger partial charge in [-0.2, -0.15) is 13.2 Å². The van der Waals surface area contributed by atoms with Crippen molar-refractivity contribution < 1.29 is 22.7 Å². The zero-order valence-corrected chi connectivity index (χ0v) is 13.3. The number of anilines is 1. The van der Waals surface area contributed by atoms with Crippen molar-refractivity contribution in [2.24, 2.45) is 0 Å². The number of carbonyl (C=O) groups is 1. The molecule has 0 spiro atoms. The number of halogens is 4. The van der Waals surface area contributed by atoms with Crippen molar-refractivity contribution in [3.05, 3.63) is 64.7 Å². The van der Waals surface area contributed by atoms with E-state index in [0.717, 1.165) is 18.2 Å². The number of nitrogens with one attached hydrogen (secondary N) is 1. The Hall–Kier alpha value is -2.47. The summed E-state index contributed by atoms with van der Waals surface area (Å²) < 4.78 is 43.9. The smallest absolute Gasteiger partial charge is 0.418 e. The Balaban J connectivity index is 2.13. The van der Waals surface area contributed by atoms with Crippen LogP contribution in [0, 0.1) is 0 Å². The van der Waals surface area contributed by atoms with Crippen LogP contribution in [0.3, 0.4) is 0 Å². The molecule has 0 bridgehead atoms. The molecule has 0 unspecified atom stereocenters. The first-order chi connectivity index (χ1) is 11.3. The van der Waals surface area contributed by atoms with E-state index in [1.54, 1.807) is 24.3 Å². The van der Waals surface area contributed by atoms with Gasteiger partial charge in [0, 0.05) is 11.1 Å². The van der Waals surface area contributed by atoms with E-state index >= 15 is 0 Å². The summed E-state index contributed by atoms with van der Waals surface area (Å²) in [4.78, 5) is 11.9. The highest BCUT2D eigenvalue weighted by atomic mass is 35.5. The summed E-state index contributed by atoms with van der Waals surface area (Å²) in [5.74, 6) is -0.0220. The molecular formula is C17H13ClF3NO2. The molecule has 24 heavy (non-hydrogen) atoms. The topological polar surface area (TPSA) is 38.3 Å². The molecule has 0 radical (unpaired) electrons. The number of carbonyl (C=O) groups excluding carboxylic acids is 1. The Kier molecular flexibility index (Phi) is 5.51. The van der Waals surface area contributed by atoms with Crippen molar-refractivity contribution >= 4 is 29.3 Å². The van der Waals surface area contributed by atoms with Crippen molar-refractivity contribution in [3.63, 3.8) is 0 Å². The van der Waals surface area contributed by atoms with Crippen LogP contribution in [0.4, 0.5) is 18.9 Å². The number of benzene rings is 2. The third-order valence-electron chi connectivity index (χ3n) is 3.09. The molecule has 2 aromatic carbocycles. The molecule has 0 fully saturated rings. The van der Waals surface area contributed by atoms with E-state index in [4.69, 9.17) is 16.3 Å². The average Bonchev–Trinajstić information content (AvgIpc) is 2.54. The number of ether oxygens (including phenoxy) is 1. The summed E-state index contributed by atoms with van der Waals surface area (Å²) in [6, 6.07) is 10.0. The highest BCUT2D eigenvalue weighted by Gasteiger charge is 2.34. The molecular weight excluding hydrogens is 343 g/mol. The SMILES string of the molecule is COc1ccc(/C=C/C(=O)Nc2ccc(Cl)cc2C(F)(F)F)cc1. The molecule has 0 atom stereocenters. The quantitative estimate of drug-likeness (QED) is 0.782. The number of methoxy groups -OCH3 is 1. The molecule has 2 rings (SSSR count). The highest BCUT2D eigenvalue weighted by molar-refractivity contribution is 6.30. The monoisotopic (exact) mass is 355 g/mol. The molecule has 1 amide bonds. The molecule has 2 aromatic rings. The lowest BCUT2D eigenvalue weighted by Gasteiger charge is -2.13. The average molecular weight is 356 g/mol. The molecule has 0 heterocycles. The summed E-state index contributed by atoms with van der Waals surface area (Å²) in [5.41, 5.74) is -0.643. The maximum atomic E-state index is 13.0. The van der Waals surface area contributed by atoms with Crippen LogP contribution in [0.5, 0.6) is 5.75 Å². The van der Waals surface area contributed by atoms with Crippen LogP contribution in [0.15, 0.2) is 48.5 Å². The highest BCUT2D eigenvalue weighted by Crippen LogP contribution is 2.36. The minimum atomic E-state index is -4.62. The number of rotatable bonds is 4. The fraction of sp³-hybridized carbons (Fsp3) is 0.118. The predicted molar refractivity (Wildman–Crippen MR) is 87.1 cm³/mol. The second-order valence-electron chi connectivity index (χ2n) is 4.78. The maximum Gasteiger partial charge on any atom is 0.418 e. The molecule has 0 aliphatic heterocycles. The molecule has 0 saturated carbocycles. The lowest BCUT2D eigenvalue weighted by molar-refractivity contribution is -0.136. The van der Waals surface area contributed by atoms with Gasteiger partial charge >= 0.3 is 6.18 Å². The first kappa shape index (κ1) is 17.9. The summed E-state index contributed by atoms with van der Waals surface area (Å²) >= 11 is 5.59. The van der Waals surface area contributed by atoms with E-state index in [9.17, 15) is 18.0 Å². The van der Waals surface area contributed by atoms with Gasteiger partial charge in [-0.1, -0.05) is 23.7 Å². The Morgan fingerprint density at radius 2 is 1.83 bits per heavy atom. The van der Waals surface area contributed by atoms with Crippen molar-refractivity contribution in [1.82, 2.24) is 0 Å². The van der Waals surface area contributed by atoms with Gasteiger partial charge in [0.2, 0.25) is 5.91 Å². The van der Waals surface area contributed by atoms with Crippen molar-refractivity contribution in [1.29, 1.82) is 0 Å². The van der Waals surface area contributed by atoms with E-state index in [0.29, 0.717) is 11.3 Å². The molecule has 126 valence electrons. The fourth-order valence-corrected chi connectivity index (χ4v) is 2.09. The predicted octanol–water partition coefficient (Wildman–Crippen LogP) is 5.02. The lowest BCUT2D eigenvalue weighted by atomic mass is 10.1. The summed E-state index contributed by atoms with van der Waals surface area (Å²) in [7, 11) is 1.53. The lowest BCUT2D eigenvalue weighted by Crippen LogP contribution is -2.14. The van der Waals surface area contributed by atoms with Gasteiger partial charge in [0.25, 0.3) is 0 Å². The third-order valence-corrected chi connectivity index (χ3v) is 3.32. The van der Waals surface area contributed by atoms with Gasteiger partial charge in [-0.15, -0.1) is 0 Å². The Labute approximate surface area is 141 Å². The minimum absolute atomic E-state index is 0.0610. The number of amides is 1. The number of hydrogen-bond donors (Lipinski definition) is 1. The van der Waals surface area contributed by atoms with Gasteiger partial charge in [0.05, 0.1) is 18.4 Å². The summed E-state index contributed by atoms with van der Waals surface area (Å²) in [5, 5.41) is 2.15. The van der Waals surface area contributed by atoms with Crippen LogP contribution in [-0.4, -0.2) is 13.0 Å². The fourth-order valence-electron chi connectivity index (χ4n) is 1.92. The second-order valence-corrected chi connectivity index (χ2v) is 5.22. The maximum absolute atomic E-state index is 13.0. The third kappa shape index (κ3) is 4.76. The van der Waals surface area contributed by atoms with Gasteiger partial charge in [-0.3, -0.25) is 4.79 Å². The molecule has 1 N–H and O–H groups in total. The van der Waals surface area contributed by atoms with Gasteiger partial charge in [-0.25, -0.2) is 0 Å². The van der Waals surface area contributed by atoms with Crippen molar-refractivity contribution in [2.75, 3.05) is 12.4 Å². The van der Waals surface area contributed by atoms with Crippen LogP contribution in [0.2, 0.25) is 5.02 Å². The largest absolute Gasteiger partial charge is 0.497 e. The standard InChI is InChI=1S/C17H13ClF3NO2/c1-24-13-6-2-11(3-7-13)4-9-16(23)22-15-8-5-12(18)10-14(15)17(19,20)21/h2-10H,1H3,(H,22,23)/b9-4+. The van der Waals surface area contributed by atoms with Gasteiger partial charge in [0.15, 0.2) is 0 Å². The normalized spacial score (nSPS) is 11.5. The Morgan fingerprint density at radius 1 is 1.17 bits per heavy atom. The Morgan fingerprint density at radius 3 is 2.42 bits per heavy atom. The van der Waals surface area contributed by atoms with Crippen molar-refractivity contribution in [2.45, 2.75) is 6.18 Å². The number of hydrogen-bond acceptors (Lipinski definition) is 2. The summed E-state index contributed by atoms with van der Waals surface area (Å²) in [6.45, 7) is 0. The number of alkyl halides is 3. The van der Waals surface area contributed by atoms with Gasteiger partial charge in [-0.05, 0) is 42.0 Å². The molecule has 0 saturated heterocycles. The molecule has 0 aromatic heterocycles. The first-order valence-electron chi connectivity index (χ1n) is 6.79. The molecule has 0 aliphatic rings. The van der Waals surface area contributed by atoms with Crippen LogP contribution >= 0.6 is 11.6 Å². The van der Waals surface area contributed by atoms with E-state index in [2.05, 4.69) is 5.32 Å². The van der Waals surface area contributed by atoms with Crippen molar-refractivity contribution in [3.8, 4) is 5.75 Å². The second kappa shape index (κ2) is 7.40. The molecule has 0 aliphatic carbocycles. The van der Waals surface area contributed by atoms with Crippen LogP contribution in [0.1, 0.15) is 11.1 Å². The zero-order valence-electron chi connectivity index (χ0n) is 12.5. The van der Waals surface area contributed by atoms with E-state index in [1.807, 2.05) is 0 Å². The summed E-state index contributed by atoms with van der Waals surface area (Å²) in [6.07, 6.45) is -1.98. The van der Waals surface area contributed by atoms with E-state index in [1.165, 1.54) is 19.3 Å². The first-order valence-corrected chi connectivity index (χ1v) is 7.17. The van der Waals surface area contributed by atoms with Crippen LogP contribution in [-0.2, 0) is 11.0 Å². The Bertz CT molecular complexity index is 755. The van der Waals surface area contributed by atoms with E-state index in [-0.39, 0.29) is 10.7 Å². The van der Waals surface area contributed by atoms with Crippen LogP contribution < -0.4 is 10.1 Å². The molecule has 3 nitrogen and oxygen atoms in total. The van der Waals surface area contributed by atoms with Crippen LogP contribution in [0.25, 0.3) is 6.08 Å². The van der Waals surface area contributed by atoms with E-state index < -0.39 is 17.6 Å². The zero-order chi connectivity index (χ0) is 17.7. The minimum Gasteiger partial charge on any atom is -0.497 e.